The quantitative estimate of drug-likeness (QED) is 0.718. The van der Waals surface area contributed by atoms with Crippen LogP contribution in [0.15, 0.2) is 42.6 Å². The number of pyridine rings is 1. The largest absolute Gasteiger partial charge is 0.378 e. The molecule has 3 fully saturated rings. The van der Waals surface area contributed by atoms with Gasteiger partial charge in [-0.15, -0.1) is 0 Å². The topological polar surface area (TPSA) is 52.1 Å². The predicted molar refractivity (Wildman–Crippen MR) is 128 cm³/mol. The van der Waals surface area contributed by atoms with Crippen LogP contribution in [-0.2, 0) is 16.0 Å². The lowest BCUT2D eigenvalue weighted by molar-refractivity contribution is -0.120. The summed E-state index contributed by atoms with van der Waals surface area (Å²) in [7, 11) is 2.18. The molecule has 32 heavy (non-hydrogen) atoms. The highest BCUT2D eigenvalue weighted by molar-refractivity contribution is 5.97. The number of benzene rings is 1. The Bertz CT molecular complexity index is 920. The van der Waals surface area contributed by atoms with Crippen molar-refractivity contribution < 1.29 is 9.53 Å². The molecule has 5 rings (SSSR count). The molecule has 7 nitrogen and oxygen atoms in total. The minimum atomic E-state index is 0.0301. The van der Waals surface area contributed by atoms with Crippen LogP contribution in [-0.4, -0.2) is 81.9 Å². The zero-order valence-corrected chi connectivity index (χ0v) is 18.9. The summed E-state index contributed by atoms with van der Waals surface area (Å²) in [5, 5.41) is 0. The van der Waals surface area contributed by atoms with E-state index in [0.29, 0.717) is 0 Å². The summed E-state index contributed by atoms with van der Waals surface area (Å²) in [5.74, 6) is 1.21. The molecule has 1 amide bonds. The smallest absolute Gasteiger partial charge is 0.230 e. The first-order chi connectivity index (χ1) is 15.7. The van der Waals surface area contributed by atoms with E-state index in [4.69, 9.17) is 4.74 Å². The Morgan fingerprint density at radius 3 is 2.47 bits per heavy atom. The molecule has 0 aliphatic carbocycles. The average molecular weight is 436 g/mol. The van der Waals surface area contributed by atoms with Gasteiger partial charge < -0.3 is 24.3 Å². The number of amides is 1. The van der Waals surface area contributed by atoms with Crippen LogP contribution in [0.2, 0.25) is 0 Å². The molecule has 0 N–H and O–H groups in total. The first kappa shape index (κ1) is 21.2. The van der Waals surface area contributed by atoms with Crippen molar-refractivity contribution in [3.8, 4) is 0 Å². The Labute approximate surface area is 190 Å². The van der Waals surface area contributed by atoms with E-state index in [-0.39, 0.29) is 11.8 Å². The van der Waals surface area contributed by atoms with Gasteiger partial charge in [-0.25, -0.2) is 4.98 Å². The van der Waals surface area contributed by atoms with Crippen molar-refractivity contribution in [3.05, 3.63) is 48.2 Å². The molecular formula is C25H33N5O2. The molecule has 3 aliphatic heterocycles. The summed E-state index contributed by atoms with van der Waals surface area (Å²) in [4.78, 5) is 26.9. The van der Waals surface area contributed by atoms with Gasteiger partial charge in [0.05, 0.1) is 25.1 Å². The van der Waals surface area contributed by atoms with Crippen molar-refractivity contribution in [2.24, 2.45) is 5.92 Å². The summed E-state index contributed by atoms with van der Waals surface area (Å²) in [5.41, 5.74) is 3.49. The average Bonchev–Trinajstić information content (AvgIpc) is 3.20. The van der Waals surface area contributed by atoms with Crippen LogP contribution in [0.3, 0.4) is 0 Å². The number of anilines is 3. The van der Waals surface area contributed by atoms with E-state index in [1.165, 1.54) is 11.3 Å². The molecule has 1 aromatic heterocycles. The van der Waals surface area contributed by atoms with Crippen LogP contribution in [0.4, 0.5) is 17.2 Å². The Hall–Kier alpha value is -2.64. The van der Waals surface area contributed by atoms with E-state index in [9.17, 15) is 4.79 Å². The summed E-state index contributed by atoms with van der Waals surface area (Å²) in [6, 6.07) is 12.7. The maximum Gasteiger partial charge on any atom is 0.230 e. The molecule has 3 aliphatic rings. The van der Waals surface area contributed by atoms with Gasteiger partial charge in [0.2, 0.25) is 5.91 Å². The highest BCUT2D eigenvalue weighted by atomic mass is 16.5. The lowest BCUT2D eigenvalue weighted by Crippen LogP contribution is -2.44. The van der Waals surface area contributed by atoms with E-state index in [1.807, 2.05) is 23.2 Å². The first-order valence-electron chi connectivity index (χ1n) is 11.8. The number of rotatable bonds is 5. The van der Waals surface area contributed by atoms with E-state index >= 15 is 0 Å². The lowest BCUT2D eigenvalue weighted by atomic mass is 9.96. The lowest BCUT2D eigenvalue weighted by Gasteiger charge is -2.35. The number of hydrogen-bond acceptors (Lipinski definition) is 6. The van der Waals surface area contributed by atoms with Crippen LogP contribution in [0.25, 0.3) is 0 Å². The SMILES string of the molecule is CN1CCN(c2ccccc2C[C@@H]2CCN(c3ccc(N4CCOCC4)nc3)C2=O)CC1. The van der Waals surface area contributed by atoms with Gasteiger partial charge in [-0.2, -0.15) is 0 Å². The number of carbonyl (C=O) groups is 1. The molecule has 7 heteroatoms. The molecule has 2 aromatic rings. The Kier molecular flexibility index (Phi) is 6.28. The normalized spacial score (nSPS) is 22.6. The molecule has 3 saturated heterocycles. The predicted octanol–water partition coefficient (Wildman–Crippen LogP) is 2.27. The number of hydrogen-bond donors (Lipinski definition) is 0. The number of morpholine rings is 1. The summed E-state index contributed by atoms with van der Waals surface area (Å²) in [6.45, 7) is 8.22. The van der Waals surface area contributed by atoms with E-state index in [2.05, 4.69) is 51.0 Å². The van der Waals surface area contributed by atoms with E-state index in [1.54, 1.807) is 0 Å². The van der Waals surface area contributed by atoms with Gasteiger partial charge >= 0.3 is 0 Å². The van der Waals surface area contributed by atoms with Gasteiger partial charge in [-0.05, 0) is 43.7 Å². The second-order valence-corrected chi connectivity index (χ2v) is 9.07. The first-order valence-corrected chi connectivity index (χ1v) is 11.8. The van der Waals surface area contributed by atoms with Gasteiger partial charge in [0.1, 0.15) is 5.82 Å². The fourth-order valence-corrected chi connectivity index (χ4v) is 5.01. The molecule has 0 saturated carbocycles. The molecule has 0 bridgehead atoms. The zero-order chi connectivity index (χ0) is 21.9. The van der Waals surface area contributed by atoms with Crippen molar-refractivity contribution in [2.75, 3.05) is 80.8 Å². The van der Waals surface area contributed by atoms with Crippen molar-refractivity contribution >= 4 is 23.1 Å². The summed E-state index contributed by atoms with van der Waals surface area (Å²) < 4.78 is 5.43. The van der Waals surface area contributed by atoms with Gasteiger partial charge in [-0.3, -0.25) is 4.79 Å². The van der Waals surface area contributed by atoms with Gasteiger partial charge in [0, 0.05) is 57.4 Å². The second-order valence-electron chi connectivity index (χ2n) is 9.07. The Morgan fingerprint density at radius 1 is 0.938 bits per heavy atom. The van der Waals surface area contributed by atoms with Gasteiger partial charge in [0.25, 0.3) is 0 Å². The minimum absolute atomic E-state index is 0.0301. The molecule has 1 aromatic carbocycles. The van der Waals surface area contributed by atoms with Crippen LogP contribution < -0.4 is 14.7 Å². The molecule has 1 atom stereocenters. The summed E-state index contributed by atoms with van der Waals surface area (Å²) >= 11 is 0. The van der Waals surface area contributed by atoms with Crippen molar-refractivity contribution in [2.45, 2.75) is 12.8 Å². The molecular weight excluding hydrogens is 402 g/mol. The maximum absolute atomic E-state index is 13.3. The number of nitrogens with zero attached hydrogens (tertiary/aromatic N) is 5. The molecule has 0 spiro atoms. The van der Waals surface area contributed by atoms with Crippen LogP contribution in [0, 0.1) is 5.92 Å². The third-order valence-electron chi connectivity index (χ3n) is 7.00. The monoisotopic (exact) mass is 435 g/mol. The molecule has 4 heterocycles. The van der Waals surface area contributed by atoms with Crippen LogP contribution in [0.1, 0.15) is 12.0 Å². The van der Waals surface area contributed by atoms with Crippen LogP contribution >= 0.6 is 0 Å². The number of likely N-dealkylation sites (N-methyl/N-ethyl adjacent to an activating group) is 1. The van der Waals surface area contributed by atoms with Crippen molar-refractivity contribution in [3.63, 3.8) is 0 Å². The van der Waals surface area contributed by atoms with Crippen molar-refractivity contribution in [1.82, 2.24) is 9.88 Å². The van der Waals surface area contributed by atoms with Gasteiger partial charge in [-0.1, -0.05) is 18.2 Å². The number of para-hydroxylation sites is 1. The van der Waals surface area contributed by atoms with E-state index < -0.39 is 0 Å². The summed E-state index contributed by atoms with van der Waals surface area (Å²) in [6.07, 6.45) is 3.54. The molecule has 0 radical (unpaired) electrons. The fourth-order valence-electron chi connectivity index (χ4n) is 5.01. The third kappa shape index (κ3) is 4.45. The van der Waals surface area contributed by atoms with Crippen molar-refractivity contribution in [1.29, 1.82) is 0 Å². The Morgan fingerprint density at radius 2 is 1.72 bits per heavy atom. The minimum Gasteiger partial charge on any atom is -0.378 e. The maximum atomic E-state index is 13.3. The third-order valence-corrected chi connectivity index (χ3v) is 7.00. The highest BCUT2D eigenvalue weighted by Crippen LogP contribution is 2.31. The number of aromatic nitrogens is 1. The fraction of sp³-hybridized carbons (Fsp3) is 0.520. The number of piperazine rings is 1. The standard InChI is InChI=1S/C25H33N5O2/c1-27-10-12-28(13-11-27)23-5-3-2-4-20(23)18-21-8-9-30(25(21)31)22-6-7-24(26-19-22)29-14-16-32-17-15-29/h2-7,19,21H,8-18H2,1H3/t21-/m0/s1. The second kappa shape index (κ2) is 9.46. The molecule has 0 unspecified atom stereocenters. The zero-order valence-electron chi connectivity index (χ0n) is 18.9. The number of carbonyl (C=O) groups excluding carboxylic acids is 1. The number of ether oxygens (including phenoxy) is 1. The van der Waals surface area contributed by atoms with E-state index in [0.717, 1.165) is 83.4 Å². The van der Waals surface area contributed by atoms with Crippen LogP contribution in [0.5, 0.6) is 0 Å². The highest BCUT2D eigenvalue weighted by Gasteiger charge is 2.33. The van der Waals surface area contributed by atoms with Gasteiger partial charge in [0.15, 0.2) is 0 Å². The molecule has 170 valence electrons. The Balaban J connectivity index is 1.25.